The molecule has 1 aliphatic carbocycles. The minimum Gasteiger partial charge on any atom is -0.371 e. The second kappa shape index (κ2) is 5.61. The summed E-state index contributed by atoms with van der Waals surface area (Å²) in [7, 11) is 1.64. The van der Waals surface area contributed by atoms with Gasteiger partial charge in [-0.3, -0.25) is 4.79 Å². The van der Waals surface area contributed by atoms with Crippen molar-refractivity contribution in [1.29, 1.82) is 0 Å². The van der Waals surface area contributed by atoms with Gasteiger partial charge in [0.05, 0.1) is 6.10 Å². The van der Waals surface area contributed by atoms with Gasteiger partial charge in [0.25, 0.3) is 0 Å². The molecule has 1 fully saturated rings. The average Bonchev–Trinajstić information content (AvgIpc) is 2.26. The predicted octanol–water partition coefficient (Wildman–Crippen LogP) is 2.33. The van der Waals surface area contributed by atoms with Crippen LogP contribution in [0.5, 0.6) is 0 Å². The SMILES string of the molecule is COC1(C(=O)COC(C)C)CCCCC1. The van der Waals surface area contributed by atoms with E-state index in [9.17, 15) is 4.79 Å². The third-order valence-corrected chi connectivity index (χ3v) is 3.11. The molecule has 0 bridgehead atoms. The lowest BCUT2D eigenvalue weighted by Gasteiger charge is -2.34. The van der Waals surface area contributed by atoms with Crippen molar-refractivity contribution in [3.63, 3.8) is 0 Å². The van der Waals surface area contributed by atoms with Crippen LogP contribution in [0.25, 0.3) is 0 Å². The van der Waals surface area contributed by atoms with Crippen molar-refractivity contribution in [3.05, 3.63) is 0 Å². The Morgan fingerprint density at radius 2 is 1.87 bits per heavy atom. The van der Waals surface area contributed by atoms with Crippen LogP contribution in [0, 0.1) is 0 Å². The Hall–Kier alpha value is -0.410. The van der Waals surface area contributed by atoms with Crippen molar-refractivity contribution in [3.8, 4) is 0 Å². The molecule has 0 unspecified atom stereocenters. The summed E-state index contributed by atoms with van der Waals surface area (Å²) in [6.45, 7) is 4.06. The van der Waals surface area contributed by atoms with Gasteiger partial charge < -0.3 is 9.47 Å². The van der Waals surface area contributed by atoms with E-state index in [4.69, 9.17) is 9.47 Å². The Labute approximate surface area is 92.1 Å². The lowest BCUT2D eigenvalue weighted by molar-refractivity contribution is -0.151. The Bertz CT molecular complexity index is 205. The van der Waals surface area contributed by atoms with Crippen LogP contribution >= 0.6 is 0 Å². The monoisotopic (exact) mass is 214 g/mol. The van der Waals surface area contributed by atoms with Gasteiger partial charge in [0, 0.05) is 7.11 Å². The highest BCUT2D eigenvalue weighted by atomic mass is 16.5. The highest BCUT2D eigenvalue weighted by molar-refractivity contribution is 5.88. The summed E-state index contributed by atoms with van der Waals surface area (Å²) in [6, 6.07) is 0. The van der Waals surface area contributed by atoms with Crippen molar-refractivity contribution < 1.29 is 14.3 Å². The zero-order valence-electron chi connectivity index (χ0n) is 10.0. The molecule has 15 heavy (non-hydrogen) atoms. The number of ketones is 1. The van der Waals surface area contributed by atoms with Gasteiger partial charge in [0.1, 0.15) is 12.2 Å². The molecule has 0 heterocycles. The standard InChI is InChI=1S/C12H22O3/c1-10(2)15-9-11(13)12(14-3)7-5-4-6-8-12/h10H,4-9H2,1-3H3. The van der Waals surface area contributed by atoms with Gasteiger partial charge in [0.2, 0.25) is 0 Å². The van der Waals surface area contributed by atoms with Gasteiger partial charge in [-0.05, 0) is 26.7 Å². The Kier molecular flexibility index (Phi) is 4.74. The van der Waals surface area contributed by atoms with E-state index < -0.39 is 5.60 Å². The van der Waals surface area contributed by atoms with Gasteiger partial charge in [-0.1, -0.05) is 19.3 Å². The maximum Gasteiger partial charge on any atom is 0.190 e. The summed E-state index contributed by atoms with van der Waals surface area (Å²) in [4.78, 5) is 12.0. The smallest absolute Gasteiger partial charge is 0.190 e. The molecule has 3 heteroatoms. The van der Waals surface area contributed by atoms with Crippen molar-refractivity contribution in [2.75, 3.05) is 13.7 Å². The van der Waals surface area contributed by atoms with E-state index in [0.717, 1.165) is 25.7 Å². The summed E-state index contributed by atoms with van der Waals surface area (Å²) in [5, 5.41) is 0. The van der Waals surface area contributed by atoms with E-state index in [1.165, 1.54) is 6.42 Å². The first-order chi connectivity index (χ1) is 7.10. The molecular weight excluding hydrogens is 192 g/mol. The maximum absolute atomic E-state index is 12.0. The lowest BCUT2D eigenvalue weighted by Crippen LogP contribution is -2.44. The first-order valence-corrected chi connectivity index (χ1v) is 5.81. The topological polar surface area (TPSA) is 35.5 Å². The van der Waals surface area contributed by atoms with Crippen LogP contribution in [-0.4, -0.2) is 31.2 Å². The molecule has 1 saturated carbocycles. The van der Waals surface area contributed by atoms with Gasteiger partial charge in [-0.2, -0.15) is 0 Å². The highest BCUT2D eigenvalue weighted by Crippen LogP contribution is 2.32. The molecule has 0 atom stereocenters. The van der Waals surface area contributed by atoms with Crippen molar-refractivity contribution in [2.45, 2.75) is 57.7 Å². The van der Waals surface area contributed by atoms with E-state index in [1.807, 2.05) is 13.8 Å². The lowest BCUT2D eigenvalue weighted by atomic mass is 9.81. The minimum absolute atomic E-state index is 0.103. The predicted molar refractivity (Wildman–Crippen MR) is 58.9 cm³/mol. The number of carbonyl (C=O) groups is 1. The van der Waals surface area contributed by atoms with Crippen LogP contribution in [0.3, 0.4) is 0 Å². The van der Waals surface area contributed by atoms with E-state index in [-0.39, 0.29) is 18.5 Å². The molecule has 0 saturated heterocycles. The molecule has 3 nitrogen and oxygen atoms in total. The summed E-state index contributed by atoms with van der Waals surface area (Å²) in [6.07, 6.45) is 5.19. The summed E-state index contributed by atoms with van der Waals surface area (Å²) >= 11 is 0. The van der Waals surface area contributed by atoms with Crippen molar-refractivity contribution >= 4 is 5.78 Å². The van der Waals surface area contributed by atoms with Crippen LogP contribution in [0.15, 0.2) is 0 Å². The molecule has 0 spiro atoms. The van der Waals surface area contributed by atoms with Crippen molar-refractivity contribution in [2.24, 2.45) is 0 Å². The van der Waals surface area contributed by atoms with Crippen LogP contribution in [0.4, 0.5) is 0 Å². The first-order valence-electron chi connectivity index (χ1n) is 5.81. The fourth-order valence-electron chi connectivity index (χ4n) is 2.09. The first kappa shape index (κ1) is 12.7. The zero-order chi connectivity index (χ0) is 11.3. The number of hydrogen-bond donors (Lipinski definition) is 0. The van der Waals surface area contributed by atoms with E-state index >= 15 is 0 Å². The largest absolute Gasteiger partial charge is 0.371 e. The van der Waals surface area contributed by atoms with Gasteiger partial charge >= 0.3 is 0 Å². The number of hydrogen-bond acceptors (Lipinski definition) is 3. The second-order valence-electron chi connectivity index (χ2n) is 4.54. The van der Waals surface area contributed by atoms with E-state index in [1.54, 1.807) is 7.11 Å². The molecule has 0 amide bonds. The molecule has 0 aromatic rings. The Balaban J connectivity index is 2.52. The van der Waals surface area contributed by atoms with Crippen molar-refractivity contribution in [1.82, 2.24) is 0 Å². The second-order valence-corrected chi connectivity index (χ2v) is 4.54. The number of rotatable bonds is 5. The quantitative estimate of drug-likeness (QED) is 0.704. The van der Waals surface area contributed by atoms with Gasteiger partial charge in [-0.25, -0.2) is 0 Å². The van der Waals surface area contributed by atoms with Crippen LogP contribution in [0.2, 0.25) is 0 Å². The molecular formula is C12H22O3. The Morgan fingerprint density at radius 1 is 1.27 bits per heavy atom. The molecule has 0 N–H and O–H groups in total. The molecule has 0 aromatic heterocycles. The third-order valence-electron chi connectivity index (χ3n) is 3.11. The van der Waals surface area contributed by atoms with E-state index in [0.29, 0.717) is 0 Å². The molecule has 0 aliphatic heterocycles. The highest BCUT2D eigenvalue weighted by Gasteiger charge is 2.39. The van der Waals surface area contributed by atoms with Gasteiger partial charge in [0.15, 0.2) is 5.78 Å². The number of methoxy groups -OCH3 is 1. The fraction of sp³-hybridized carbons (Fsp3) is 0.917. The van der Waals surface area contributed by atoms with Crippen LogP contribution < -0.4 is 0 Å². The Morgan fingerprint density at radius 3 is 2.33 bits per heavy atom. The summed E-state index contributed by atoms with van der Waals surface area (Å²) < 4.78 is 10.8. The molecule has 0 radical (unpaired) electrons. The minimum atomic E-state index is -0.548. The normalized spacial score (nSPS) is 20.5. The zero-order valence-corrected chi connectivity index (χ0v) is 10.0. The fourth-order valence-corrected chi connectivity index (χ4v) is 2.09. The summed E-state index contributed by atoms with van der Waals surface area (Å²) in [5.41, 5.74) is -0.548. The number of carbonyl (C=O) groups excluding carboxylic acids is 1. The van der Waals surface area contributed by atoms with E-state index in [2.05, 4.69) is 0 Å². The molecule has 88 valence electrons. The molecule has 1 aliphatic rings. The number of Topliss-reactive ketones (excluding diaryl/α,β-unsaturated/α-hetero) is 1. The average molecular weight is 214 g/mol. The number of ether oxygens (including phenoxy) is 2. The molecule has 1 rings (SSSR count). The third kappa shape index (κ3) is 3.28. The molecule has 0 aromatic carbocycles. The van der Waals surface area contributed by atoms with Gasteiger partial charge in [-0.15, -0.1) is 0 Å². The van der Waals surface area contributed by atoms with Crippen LogP contribution in [-0.2, 0) is 14.3 Å². The maximum atomic E-state index is 12.0. The van der Waals surface area contributed by atoms with Crippen LogP contribution in [0.1, 0.15) is 46.0 Å². The summed E-state index contributed by atoms with van der Waals surface area (Å²) in [5.74, 6) is 0.110.